The molecule has 0 rings (SSSR count). The first-order valence-corrected chi connectivity index (χ1v) is 22.5. The topological polar surface area (TPSA) is 26.3 Å². The second-order valence-corrected chi connectivity index (χ2v) is 15.4. The molecule has 0 bridgehead atoms. The lowest BCUT2D eigenvalue weighted by Gasteiger charge is -2.06. The maximum Gasteiger partial charge on any atom is 0.305 e. The van der Waals surface area contributed by atoms with Gasteiger partial charge in [-0.1, -0.05) is 258 Å². The van der Waals surface area contributed by atoms with Gasteiger partial charge in [0.1, 0.15) is 0 Å². The minimum Gasteiger partial charge on any atom is -0.466 e. The highest BCUT2D eigenvalue weighted by molar-refractivity contribution is 5.69. The van der Waals surface area contributed by atoms with Crippen molar-refractivity contribution in [3.05, 3.63) is 0 Å². The third kappa shape index (κ3) is 43.4. The van der Waals surface area contributed by atoms with Gasteiger partial charge in [-0.15, -0.1) is 0 Å². The third-order valence-electron chi connectivity index (χ3n) is 10.5. The number of esters is 1. The molecule has 0 saturated heterocycles. The molecule has 0 saturated carbocycles. The van der Waals surface area contributed by atoms with Gasteiger partial charge in [-0.3, -0.25) is 4.79 Å². The molecule has 0 spiro atoms. The number of carbonyl (C=O) groups excluding carboxylic acids is 1. The van der Waals surface area contributed by atoms with Gasteiger partial charge in [-0.25, -0.2) is 0 Å². The summed E-state index contributed by atoms with van der Waals surface area (Å²) in [7, 11) is 0. The average Bonchev–Trinajstić information content (AvgIpc) is 3.08. The van der Waals surface area contributed by atoms with Crippen molar-refractivity contribution in [1.29, 1.82) is 0 Å². The summed E-state index contributed by atoms with van der Waals surface area (Å²) >= 11 is 0. The van der Waals surface area contributed by atoms with Gasteiger partial charge in [-0.2, -0.15) is 0 Å². The Balaban J connectivity index is 3.14. The van der Waals surface area contributed by atoms with Gasteiger partial charge in [0.05, 0.1) is 6.61 Å². The standard InChI is InChI=1S/C45H90O2/c1-3-5-7-9-11-13-15-17-19-21-23-24-25-26-28-30-32-34-36-38-40-42-44-47-45(46)43-41-39-37-35-33-31-29-27-22-20-18-16-14-12-10-8-6-4-2/h3-44H2,1-2H3. The molecule has 0 heterocycles. The van der Waals surface area contributed by atoms with E-state index >= 15 is 0 Å². The number of rotatable bonds is 42. The van der Waals surface area contributed by atoms with Crippen LogP contribution in [0.2, 0.25) is 0 Å². The van der Waals surface area contributed by atoms with E-state index in [9.17, 15) is 4.79 Å². The summed E-state index contributed by atoms with van der Waals surface area (Å²) in [5.41, 5.74) is 0. The van der Waals surface area contributed by atoms with E-state index in [1.54, 1.807) is 0 Å². The lowest BCUT2D eigenvalue weighted by atomic mass is 10.0. The summed E-state index contributed by atoms with van der Waals surface area (Å²) < 4.78 is 5.48. The Kier molecular flexibility index (Phi) is 43.0. The van der Waals surface area contributed by atoms with Crippen LogP contribution in [0.25, 0.3) is 0 Å². The van der Waals surface area contributed by atoms with Crippen LogP contribution in [0.15, 0.2) is 0 Å². The van der Waals surface area contributed by atoms with E-state index in [1.807, 2.05) is 0 Å². The van der Waals surface area contributed by atoms with E-state index in [-0.39, 0.29) is 5.97 Å². The van der Waals surface area contributed by atoms with Crippen LogP contribution in [0.1, 0.15) is 277 Å². The SMILES string of the molecule is CCCCCCCCCCCCCCCCCCCCCCCCOC(=O)CCCCCCCCCCCCCCCCCCCC. The van der Waals surface area contributed by atoms with Crippen molar-refractivity contribution >= 4 is 5.97 Å². The number of unbranched alkanes of at least 4 members (excludes halogenated alkanes) is 38. The Labute approximate surface area is 298 Å². The smallest absolute Gasteiger partial charge is 0.305 e. The highest BCUT2D eigenvalue weighted by Gasteiger charge is 2.03. The first-order valence-electron chi connectivity index (χ1n) is 22.5. The lowest BCUT2D eigenvalue weighted by molar-refractivity contribution is -0.143. The molecule has 0 N–H and O–H groups in total. The van der Waals surface area contributed by atoms with Crippen LogP contribution in [0.3, 0.4) is 0 Å². The van der Waals surface area contributed by atoms with Crippen molar-refractivity contribution in [2.45, 2.75) is 277 Å². The van der Waals surface area contributed by atoms with Crippen LogP contribution in [-0.4, -0.2) is 12.6 Å². The van der Waals surface area contributed by atoms with Gasteiger partial charge in [-0.05, 0) is 12.8 Å². The van der Waals surface area contributed by atoms with E-state index < -0.39 is 0 Å². The number of hydrogen-bond acceptors (Lipinski definition) is 2. The molecular formula is C45H90O2. The molecule has 0 fully saturated rings. The zero-order valence-corrected chi connectivity index (χ0v) is 33.0. The first kappa shape index (κ1) is 46.5. The second-order valence-electron chi connectivity index (χ2n) is 15.4. The molecule has 0 aliphatic carbocycles. The number of ether oxygens (including phenoxy) is 1. The molecule has 0 atom stereocenters. The molecule has 0 aromatic rings. The van der Waals surface area contributed by atoms with Gasteiger partial charge in [0.15, 0.2) is 0 Å². The maximum atomic E-state index is 12.0. The van der Waals surface area contributed by atoms with Crippen molar-refractivity contribution in [3.8, 4) is 0 Å². The van der Waals surface area contributed by atoms with Gasteiger partial charge >= 0.3 is 5.97 Å². The largest absolute Gasteiger partial charge is 0.466 e. The summed E-state index contributed by atoms with van der Waals surface area (Å²) in [6.07, 6.45) is 56.4. The number of carbonyl (C=O) groups is 1. The molecule has 0 amide bonds. The molecule has 2 nitrogen and oxygen atoms in total. The number of hydrogen-bond donors (Lipinski definition) is 0. The van der Waals surface area contributed by atoms with Crippen molar-refractivity contribution in [3.63, 3.8) is 0 Å². The van der Waals surface area contributed by atoms with Gasteiger partial charge in [0.2, 0.25) is 0 Å². The summed E-state index contributed by atoms with van der Waals surface area (Å²) in [6, 6.07) is 0. The summed E-state index contributed by atoms with van der Waals surface area (Å²) in [5, 5.41) is 0. The Bertz CT molecular complexity index is 558. The Morgan fingerprint density at radius 2 is 0.468 bits per heavy atom. The maximum absolute atomic E-state index is 12.0. The summed E-state index contributed by atoms with van der Waals surface area (Å²) in [4.78, 5) is 12.0. The molecule has 282 valence electrons. The summed E-state index contributed by atoms with van der Waals surface area (Å²) in [6.45, 7) is 5.23. The molecule has 2 heteroatoms. The molecule has 0 aromatic heterocycles. The van der Waals surface area contributed by atoms with Gasteiger partial charge in [0, 0.05) is 6.42 Å². The van der Waals surface area contributed by atoms with Crippen LogP contribution in [0.5, 0.6) is 0 Å². The fourth-order valence-corrected chi connectivity index (χ4v) is 7.14. The van der Waals surface area contributed by atoms with Crippen LogP contribution in [-0.2, 0) is 9.53 Å². The molecule has 47 heavy (non-hydrogen) atoms. The Morgan fingerprint density at radius 3 is 0.702 bits per heavy atom. The molecular weight excluding hydrogens is 572 g/mol. The van der Waals surface area contributed by atoms with Crippen LogP contribution >= 0.6 is 0 Å². The highest BCUT2D eigenvalue weighted by atomic mass is 16.5. The van der Waals surface area contributed by atoms with Crippen LogP contribution in [0, 0.1) is 0 Å². The zero-order valence-electron chi connectivity index (χ0n) is 33.0. The van der Waals surface area contributed by atoms with Crippen LogP contribution < -0.4 is 0 Å². The second kappa shape index (κ2) is 43.5. The molecule has 0 aliphatic heterocycles. The predicted molar refractivity (Wildman–Crippen MR) is 212 cm³/mol. The predicted octanol–water partition coefficient (Wildman–Crippen LogP) is 16.6. The van der Waals surface area contributed by atoms with Crippen molar-refractivity contribution in [1.82, 2.24) is 0 Å². The van der Waals surface area contributed by atoms with E-state index in [4.69, 9.17) is 4.74 Å². The average molecular weight is 663 g/mol. The lowest BCUT2D eigenvalue weighted by Crippen LogP contribution is -2.05. The molecule has 0 aromatic carbocycles. The fourth-order valence-electron chi connectivity index (χ4n) is 7.14. The molecule has 0 aliphatic rings. The Morgan fingerprint density at radius 1 is 0.277 bits per heavy atom. The normalized spacial score (nSPS) is 11.4. The Hall–Kier alpha value is -0.530. The van der Waals surface area contributed by atoms with Crippen molar-refractivity contribution in [2.24, 2.45) is 0 Å². The fraction of sp³-hybridized carbons (Fsp3) is 0.978. The first-order chi connectivity index (χ1) is 23.3. The van der Waals surface area contributed by atoms with E-state index in [0.717, 1.165) is 12.8 Å². The molecule has 0 unspecified atom stereocenters. The van der Waals surface area contributed by atoms with Gasteiger partial charge < -0.3 is 4.74 Å². The third-order valence-corrected chi connectivity index (χ3v) is 10.5. The van der Waals surface area contributed by atoms with E-state index in [2.05, 4.69) is 13.8 Å². The quantitative estimate of drug-likeness (QED) is 0.0480. The minimum absolute atomic E-state index is 0.0324. The minimum atomic E-state index is 0.0324. The highest BCUT2D eigenvalue weighted by Crippen LogP contribution is 2.17. The van der Waals surface area contributed by atoms with E-state index in [0.29, 0.717) is 13.0 Å². The van der Waals surface area contributed by atoms with Gasteiger partial charge in [0.25, 0.3) is 0 Å². The van der Waals surface area contributed by atoms with Crippen molar-refractivity contribution < 1.29 is 9.53 Å². The van der Waals surface area contributed by atoms with Crippen molar-refractivity contribution in [2.75, 3.05) is 6.61 Å². The molecule has 0 radical (unpaired) electrons. The monoisotopic (exact) mass is 663 g/mol. The summed E-state index contributed by atoms with van der Waals surface area (Å²) in [5.74, 6) is 0.0324. The zero-order chi connectivity index (χ0) is 34.0. The van der Waals surface area contributed by atoms with Crippen LogP contribution in [0.4, 0.5) is 0 Å². The van der Waals surface area contributed by atoms with E-state index in [1.165, 1.54) is 244 Å².